The first-order valence-corrected chi connectivity index (χ1v) is 8.73. The second kappa shape index (κ2) is 7.91. The lowest BCUT2D eigenvalue weighted by atomic mass is 10.1. The summed E-state index contributed by atoms with van der Waals surface area (Å²) in [5.41, 5.74) is 5.48. The van der Waals surface area contributed by atoms with Crippen molar-refractivity contribution in [2.24, 2.45) is 0 Å². The Balaban J connectivity index is 1.75. The predicted molar refractivity (Wildman–Crippen MR) is 109 cm³/mol. The van der Waals surface area contributed by atoms with E-state index in [1.807, 2.05) is 57.2 Å². The summed E-state index contributed by atoms with van der Waals surface area (Å²) in [6.45, 7) is 6.06. The summed E-state index contributed by atoms with van der Waals surface area (Å²) >= 11 is 0. The van der Waals surface area contributed by atoms with Gasteiger partial charge in [-0.05, 0) is 61.7 Å². The van der Waals surface area contributed by atoms with Gasteiger partial charge >= 0.3 is 0 Å². The number of ether oxygens (including phenoxy) is 1. The number of pyridine rings is 1. The van der Waals surface area contributed by atoms with Gasteiger partial charge in [0.05, 0.1) is 18.4 Å². The minimum atomic E-state index is -0.231. The molecule has 138 valence electrons. The molecular weight excluding hydrogens is 338 g/mol. The summed E-state index contributed by atoms with van der Waals surface area (Å²) in [5, 5.41) is 6.20. The molecule has 0 radical (unpaired) electrons. The van der Waals surface area contributed by atoms with Crippen LogP contribution in [-0.2, 0) is 0 Å². The number of nitrogens with zero attached hydrogens (tertiary/aromatic N) is 1. The molecule has 0 saturated carbocycles. The fourth-order valence-corrected chi connectivity index (χ4v) is 2.86. The number of benzene rings is 2. The van der Waals surface area contributed by atoms with Crippen molar-refractivity contribution in [1.29, 1.82) is 0 Å². The summed E-state index contributed by atoms with van der Waals surface area (Å²) in [6, 6.07) is 15.3. The van der Waals surface area contributed by atoms with E-state index in [1.165, 1.54) is 0 Å². The zero-order chi connectivity index (χ0) is 19.4. The third-order valence-electron chi connectivity index (χ3n) is 4.36. The SMILES string of the molecule is COc1ccc(C)cc1NC(=O)c1ccc(Nc2c(C)cccc2C)nc1. The first-order valence-electron chi connectivity index (χ1n) is 8.73. The van der Waals surface area contributed by atoms with Gasteiger partial charge in [0.15, 0.2) is 0 Å². The van der Waals surface area contributed by atoms with Gasteiger partial charge in [0.25, 0.3) is 5.91 Å². The van der Waals surface area contributed by atoms with Gasteiger partial charge in [-0.2, -0.15) is 0 Å². The molecule has 0 aliphatic heterocycles. The lowest BCUT2D eigenvalue weighted by Gasteiger charge is -2.13. The van der Waals surface area contributed by atoms with E-state index in [9.17, 15) is 4.79 Å². The molecule has 5 nitrogen and oxygen atoms in total. The molecule has 1 amide bonds. The van der Waals surface area contributed by atoms with Gasteiger partial charge in [-0.1, -0.05) is 24.3 Å². The number of hydrogen-bond donors (Lipinski definition) is 2. The van der Waals surface area contributed by atoms with Crippen LogP contribution >= 0.6 is 0 Å². The molecular formula is C22H23N3O2. The number of hydrogen-bond acceptors (Lipinski definition) is 4. The van der Waals surface area contributed by atoms with Crippen molar-refractivity contribution in [3.63, 3.8) is 0 Å². The molecule has 0 aliphatic carbocycles. The van der Waals surface area contributed by atoms with E-state index in [4.69, 9.17) is 4.74 Å². The average Bonchev–Trinajstić information content (AvgIpc) is 2.65. The normalized spacial score (nSPS) is 10.4. The Kier molecular flexibility index (Phi) is 5.41. The predicted octanol–water partition coefficient (Wildman–Crippen LogP) is 5.01. The standard InChI is InChI=1S/C22H23N3O2/c1-14-8-10-19(27-4)18(12-14)24-22(26)17-9-11-20(23-13-17)25-21-15(2)6-5-7-16(21)3/h5-13H,1-4H3,(H,23,25)(H,24,26). The molecule has 0 atom stereocenters. The molecule has 3 aromatic rings. The van der Waals surface area contributed by atoms with Crippen molar-refractivity contribution in [2.75, 3.05) is 17.7 Å². The molecule has 0 saturated heterocycles. The molecule has 1 aromatic heterocycles. The number of anilines is 3. The minimum Gasteiger partial charge on any atom is -0.495 e. The van der Waals surface area contributed by atoms with Crippen molar-refractivity contribution in [1.82, 2.24) is 4.98 Å². The lowest BCUT2D eigenvalue weighted by molar-refractivity contribution is 0.102. The van der Waals surface area contributed by atoms with E-state index in [0.29, 0.717) is 22.8 Å². The van der Waals surface area contributed by atoms with Crippen LogP contribution in [0.5, 0.6) is 5.75 Å². The molecule has 1 heterocycles. The van der Waals surface area contributed by atoms with Crippen molar-refractivity contribution in [2.45, 2.75) is 20.8 Å². The molecule has 0 fully saturated rings. The van der Waals surface area contributed by atoms with Crippen LogP contribution in [0.1, 0.15) is 27.0 Å². The highest BCUT2D eigenvalue weighted by Gasteiger charge is 2.11. The van der Waals surface area contributed by atoms with Crippen LogP contribution in [0.4, 0.5) is 17.2 Å². The third kappa shape index (κ3) is 4.26. The topological polar surface area (TPSA) is 63.2 Å². The first kappa shape index (κ1) is 18.5. The first-order chi connectivity index (χ1) is 13.0. The number of amides is 1. The quantitative estimate of drug-likeness (QED) is 0.670. The maximum absolute atomic E-state index is 12.5. The second-order valence-corrected chi connectivity index (χ2v) is 6.48. The summed E-state index contributed by atoms with van der Waals surface area (Å²) in [5.74, 6) is 1.08. The number of carbonyl (C=O) groups excluding carboxylic acids is 1. The number of rotatable bonds is 5. The molecule has 5 heteroatoms. The molecule has 3 rings (SSSR count). The molecule has 2 N–H and O–H groups in total. The van der Waals surface area contributed by atoms with Crippen LogP contribution in [0.25, 0.3) is 0 Å². The van der Waals surface area contributed by atoms with Crippen molar-refractivity contribution < 1.29 is 9.53 Å². The van der Waals surface area contributed by atoms with Gasteiger partial charge < -0.3 is 15.4 Å². The molecule has 2 aromatic carbocycles. The van der Waals surface area contributed by atoms with E-state index in [-0.39, 0.29) is 5.91 Å². The van der Waals surface area contributed by atoms with Gasteiger partial charge in [-0.15, -0.1) is 0 Å². The van der Waals surface area contributed by atoms with Crippen molar-refractivity contribution in [3.05, 3.63) is 77.0 Å². The largest absolute Gasteiger partial charge is 0.495 e. The van der Waals surface area contributed by atoms with E-state index in [2.05, 4.69) is 15.6 Å². The molecule has 0 spiro atoms. The summed E-state index contributed by atoms with van der Waals surface area (Å²) in [7, 11) is 1.58. The lowest BCUT2D eigenvalue weighted by Crippen LogP contribution is -2.13. The van der Waals surface area contributed by atoms with Crippen molar-refractivity contribution >= 4 is 23.1 Å². The molecule has 27 heavy (non-hydrogen) atoms. The maximum atomic E-state index is 12.5. The van der Waals surface area contributed by atoms with Crippen LogP contribution in [0.3, 0.4) is 0 Å². The van der Waals surface area contributed by atoms with Crippen LogP contribution in [0.15, 0.2) is 54.7 Å². The van der Waals surface area contributed by atoms with Crippen molar-refractivity contribution in [3.8, 4) is 5.75 Å². The summed E-state index contributed by atoms with van der Waals surface area (Å²) < 4.78 is 5.30. The number of para-hydroxylation sites is 1. The third-order valence-corrected chi connectivity index (χ3v) is 4.36. The average molecular weight is 361 g/mol. The van der Waals surface area contributed by atoms with Gasteiger partial charge in [0, 0.05) is 11.9 Å². The number of aryl methyl sites for hydroxylation is 3. The van der Waals surface area contributed by atoms with Gasteiger partial charge in [-0.25, -0.2) is 4.98 Å². The van der Waals surface area contributed by atoms with Crippen LogP contribution < -0.4 is 15.4 Å². The number of carbonyl (C=O) groups is 1. The zero-order valence-corrected chi connectivity index (χ0v) is 16.0. The monoisotopic (exact) mass is 361 g/mol. The second-order valence-electron chi connectivity index (χ2n) is 6.48. The Morgan fingerprint density at radius 1 is 1.00 bits per heavy atom. The van der Waals surface area contributed by atoms with Gasteiger partial charge in [0.2, 0.25) is 0 Å². The Morgan fingerprint density at radius 2 is 1.74 bits per heavy atom. The zero-order valence-electron chi connectivity index (χ0n) is 16.0. The Hall–Kier alpha value is -3.34. The number of aromatic nitrogens is 1. The van der Waals surface area contributed by atoms with E-state index >= 15 is 0 Å². The summed E-state index contributed by atoms with van der Waals surface area (Å²) in [4.78, 5) is 16.9. The minimum absolute atomic E-state index is 0.231. The fourth-order valence-electron chi connectivity index (χ4n) is 2.86. The Morgan fingerprint density at radius 3 is 2.37 bits per heavy atom. The Bertz CT molecular complexity index is 946. The molecule has 0 unspecified atom stereocenters. The fraction of sp³-hybridized carbons (Fsp3) is 0.182. The van der Waals surface area contributed by atoms with Crippen LogP contribution in [0.2, 0.25) is 0 Å². The number of nitrogens with one attached hydrogen (secondary N) is 2. The van der Waals surface area contributed by atoms with Gasteiger partial charge in [-0.3, -0.25) is 4.79 Å². The summed E-state index contributed by atoms with van der Waals surface area (Å²) in [6.07, 6.45) is 1.56. The van der Waals surface area contributed by atoms with E-state index in [0.717, 1.165) is 22.4 Å². The van der Waals surface area contributed by atoms with Crippen LogP contribution in [-0.4, -0.2) is 18.0 Å². The maximum Gasteiger partial charge on any atom is 0.257 e. The molecule has 0 aliphatic rings. The van der Waals surface area contributed by atoms with E-state index in [1.54, 1.807) is 25.4 Å². The highest BCUT2D eigenvalue weighted by Crippen LogP contribution is 2.26. The Labute approximate surface area is 159 Å². The highest BCUT2D eigenvalue weighted by atomic mass is 16.5. The van der Waals surface area contributed by atoms with Crippen LogP contribution in [0, 0.1) is 20.8 Å². The smallest absolute Gasteiger partial charge is 0.257 e. The number of methoxy groups -OCH3 is 1. The molecule has 0 bridgehead atoms. The highest BCUT2D eigenvalue weighted by molar-refractivity contribution is 6.05. The van der Waals surface area contributed by atoms with Gasteiger partial charge in [0.1, 0.15) is 11.6 Å². The van der Waals surface area contributed by atoms with E-state index < -0.39 is 0 Å².